The van der Waals surface area contributed by atoms with Gasteiger partial charge < -0.3 is 10.2 Å². The fraction of sp³-hybridized carbons (Fsp3) is 1.00. The topological polar surface area (TPSA) is 18.5 Å². The maximum Gasteiger partial charge on any atom is 0.0250 e. The Balaban J connectivity index is 1.93. The molecule has 1 aliphatic heterocycles. The van der Waals surface area contributed by atoms with Crippen molar-refractivity contribution in [1.29, 1.82) is 0 Å². The zero-order valence-electron chi connectivity index (χ0n) is 14.4. The highest BCUT2D eigenvalue weighted by Gasteiger charge is 2.28. The molecule has 3 nitrogen and oxygen atoms in total. The summed E-state index contributed by atoms with van der Waals surface area (Å²) in [6, 6.07) is 1.47. The molecule has 1 saturated heterocycles. The highest BCUT2D eigenvalue weighted by molar-refractivity contribution is 4.86. The van der Waals surface area contributed by atoms with Crippen molar-refractivity contribution in [2.75, 3.05) is 40.3 Å². The van der Waals surface area contributed by atoms with Gasteiger partial charge in [-0.2, -0.15) is 0 Å². The third-order valence-electron chi connectivity index (χ3n) is 5.61. The summed E-state index contributed by atoms with van der Waals surface area (Å²) in [4.78, 5) is 5.26. The Labute approximate surface area is 132 Å². The number of hydrogen-bond donors (Lipinski definition) is 1. The van der Waals surface area contributed by atoms with Gasteiger partial charge in [0.2, 0.25) is 0 Å². The van der Waals surface area contributed by atoms with Crippen LogP contribution >= 0.6 is 0 Å². The lowest BCUT2D eigenvalue weighted by Crippen LogP contribution is -2.55. The van der Waals surface area contributed by atoms with Gasteiger partial charge in [-0.3, -0.25) is 4.90 Å². The van der Waals surface area contributed by atoms with Gasteiger partial charge in [0, 0.05) is 38.3 Å². The third kappa shape index (κ3) is 5.88. The maximum atomic E-state index is 3.66. The molecule has 124 valence electrons. The summed E-state index contributed by atoms with van der Waals surface area (Å²) in [7, 11) is 4.44. The first-order valence-corrected chi connectivity index (χ1v) is 9.41. The lowest BCUT2D eigenvalue weighted by Gasteiger charge is -2.42. The van der Waals surface area contributed by atoms with Gasteiger partial charge in [0.25, 0.3) is 0 Å². The average molecular weight is 296 g/mol. The van der Waals surface area contributed by atoms with Crippen LogP contribution in [0.2, 0.25) is 0 Å². The molecule has 2 aliphatic rings. The summed E-state index contributed by atoms with van der Waals surface area (Å²) >= 11 is 0. The van der Waals surface area contributed by atoms with Gasteiger partial charge in [0.1, 0.15) is 0 Å². The van der Waals surface area contributed by atoms with Crippen molar-refractivity contribution >= 4 is 0 Å². The second kappa shape index (κ2) is 9.81. The normalized spacial score (nSPS) is 32.3. The average Bonchev–Trinajstić information content (AvgIpc) is 2.49. The molecule has 1 N–H and O–H groups in total. The third-order valence-corrected chi connectivity index (χ3v) is 5.61. The molecule has 0 amide bonds. The highest BCUT2D eigenvalue weighted by Crippen LogP contribution is 2.21. The molecule has 0 bridgehead atoms. The molecular formula is C18H37N3. The second-order valence-corrected chi connectivity index (χ2v) is 7.21. The monoisotopic (exact) mass is 295 g/mol. The molecule has 1 aliphatic carbocycles. The molecule has 0 aromatic carbocycles. The van der Waals surface area contributed by atoms with Gasteiger partial charge in [0.05, 0.1) is 0 Å². The Hall–Kier alpha value is -0.120. The summed E-state index contributed by atoms with van der Waals surface area (Å²) < 4.78 is 0. The quantitative estimate of drug-likeness (QED) is 0.844. The first-order chi connectivity index (χ1) is 10.3. The molecule has 1 heterocycles. The molecule has 2 atom stereocenters. The summed E-state index contributed by atoms with van der Waals surface area (Å²) in [6.45, 7) is 5.01. The van der Waals surface area contributed by atoms with E-state index in [1.165, 1.54) is 90.4 Å². The van der Waals surface area contributed by atoms with Crippen molar-refractivity contribution in [2.24, 2.45) is 0 Å². The first-order valence-electron chi connectivity index (χ1n) is 9.41. The number of rotatable bonds is 2. The maximum absolute atomic E-state index is 3.66. The van der Waals surface area contributed by atoms with Crippen LogP contribution in [0.25, 0.3) is 0 Å². The number of hydrogen-bond acceptors (Lipinski definition) is 3. The largest absolute Gasteiger partial charge is 0.315 e. The summed E-state index contributed by atoms with van der Waals surface area (Å²) in [5.74, 6) is 0. The van der Waals surface area contributed by atoms with Crippen LogP contribution in [-0.2, 0) is 0 Å². The molecule has 2 unspecified atom stereocenters. The Morgan fingerprint density at radius 2 is 1.24 bits per heavy atom. The van der Waals surface area contributed by atoms with Crippen LogP contribution in [0.5, 0.6) is 0 Å². The number of nitrogens with zero attached hydrogens (tertiary/aromatic N) is 2. The van der Waals surface area contributed by atoms with E-state index in [4.69, 9.17) is 0 Å². The van der Waals surface area contributed by atoms with Gasteiger partial charge in [-0.1, -0.05) is 51.4 Å². The molecule has 0 aromatic rings. The smallest absolute Gasteiger partial charge is 0.0250 e. The van der Waals surface area contributed by atoms with E-state index < -0.39 is 0 Å². The van der Waals surface area contributed by atoms with Gasteiger partial charge in [-0.25, -0.2) is 0 Å². The van der Waals surface area contributed by atoms with E-state index >= 15 is 0 Å². The van der Waals surface area contributed by atoms with Crippen LogP contribution in [0.15, 0.2) is 0 Å². The molecule has 0 aromatic heterocycles. The second-order valence-electron chi connectivity index (χ2n) is 7.21. The van der Waals surface area contributed by atoms with Crippen molar-refractivity contribution in [3.8, 4) is 0 Å². The van der Waals surface area contributed by atoms with Crippen LogP contribution in [-0.4, -0.2) is 62.2 Å². The number of nitrogens with one attached hydrogen (secondary N) is 1. The fourth-order valence-corrected chi connectivity index (χ4v) is 4.10. The first kappa shape index (κ1) is 17.2. The zero-order valence-corrected chi connectivity index (χ0v) is 14.4. The SMILES string of the molecule is CNC1CCCCCCCCCCC1N1CCN(C)CC1. The minimum absolute atomic E-state index is 0.702. The molecule has 0 spiro atoms. The summed E-state index contributed by atoms with van der Waals surface area (Å²) in [5.41, 5.74) is 0. The van der Waals surface area contributed by atoms with Gasteiger partial charge >= 0.3 is 0 Å². The summed E-state index contributed by atoms with van der Waals surface area (Å²) in [5, 5.41) is 3.66. The van der Waals surface area contributed by atoms with Crippen molar-refractivity contribution in [1.82, 2.24) is 15.1 Å². The predicted octanol–water partition coefficient (Wildman–Crippen LogP) is 3.11. The molecule has 1 saturated carbocycles. The Morgan fingerprint density at radius 1 is 0.714 bits per heavy atom. The zero-order chi connectivity index (χ0) is 14.9. The molecule has 2 fully saturated rings. The van der Waals surface area contributed by atoms with E-state index in [1.807, 2.05) is 0 Å². The van der Waals surface area contributed by atoms with E-state index in [0.29, 0.717) is 6.04 Å². The van der Waals surface area contributed by atoms with E-state index in [9.17, 15) is 0 Å². The van der Waals surface area contributed by atoms with Gasteiger partial charge in [0.15, 0.2) is 0 Å². The lowest BCUT2D eigenvalue weighted by molar-refractivity contribution is 0.0826. The van der Waals surface area contributed by atoms with Crippen LogP contribution in [0.1, 0.15) is 64.2 Å². The molecule has 3 heteroatoms. The number of piperazine rings is 1. The molecule has 21 heavy (non-hydrogen) atoms. The van der Waals surface area contributed by atoms with Crippen LogP contribution in [0, 0.1) is 0 Å². The Kier molecular flexibility index (Phi) is 8.05. The molecular weight excluding hydrogens is 258 g/mol. The van der Waals surface area contributed by atoms with Crippen molar-refractivity contribution in [3.63, 3.8) is 0 Å². The molecule has 0 radical (unpaired) electrons. The van der Waals surface area contributed by atoms with Gasteiger partial charge in [-0.05, 0) is 26.9 Å². The predicted molar refractivity (Wildman–Crippen MR) is 91.9 cm³/mol. The number of likely N-dealkylation sites (N-methyl/N-ethyl adjacent to an activating group) is 2. The highest BCUT2D eigenvalue weighted by atomic mass is 15.3. The van der Waals surface area contributed by atoms with Crippen molar-refractivity contribution < 1.29 is 0 Å². The van der Waals surface area contributed by atoms with Crippen LogP contribution in [0.3, 0.4) is 0 Å². The minimum atomic E-state index is 0.702. The van der Waals surface area contributed by atoms with E-state index in [-0.39, 0.29) is 0 Å². The minimum Gasteiger partial charge on any atom is -0.315 e. The van der Waals surface area contributed by atoms with Crippen molar-refractivity contribution in [3.05, 3.63) is 0 Å². The van der Waals surface area contributed by atoms with Crippen LogP contribution < -0.4 is 5.32 Å². The van der Waals surface area contributed by atoms with E-state index in [2.05, 4.69) is 29.2 Å². The van der Waals surface area contributed by atoms with Crippen LogP contribution in [0.4, 0.5) is 0 Å². The molecule has 2 rings (SSSR count). The van der Waals surface area contributed by atoms with Gasteiger partial charge in [-0.15, -0.1) is 0 Å². The Bertz CT molecular complexity index is 261. The fourth-order valence-electron chi connectivity index (χ4n) is 4.10. The van der Waals surface area contributed by atoms with E-state index in [1.54, 1.807) is 0 Å². The standard InChI is InChI=1S/C18H37N3/c1-19-17-11-9-7-5-3-4-6-8-10-12-18(17)21-15-13-20(2)14-16-21/h17-19H,3-16H2,1-2H3. The van der Waals surface area contributed by atoms with E-state index in [0.717, 1.165) is 6.04 Å². The summed E-state index contributed by atoms with van der Waals surface area (Å²) in [6.07, 6.45) is 14.3. The Morgan fingerprint density at radius 3 is 1.81 bits per heavy atom. The van der Waals surface area contributed by atoms with Crippen molar-refractivity contribution in [2.45, 2.75) is 76.3 Å². The lowest BCUT2D eigenvalue weighted by atomic mass is 9.92.